The molecule has 4 nitrogen and oxygen atoms in total. The third-order valence-electron chi connectivity index (χ3n) is 4.49. The van der Waals surface area contributed by atoms with Gasteiger partial charge in [0.25, 0.3) is 0 Å². The second-order valence-electron chi connectivity index (χ2n) is 5.99. The molecule has 1 aliphatic carbocycles. The van der Waals surface area contributed by atoms with Crippen LogP contribution in [0.3, 0.4) is 0 Å². The zero-order chi connectivity index (χ0) is 14.1. The molecule has 0 aliphatic heterocycles. The molecule has 0 amide bonds. The number of aliphatic hydroxyl groups is 2. The smallest absolute Gasteiger partial charge is 0.0791 e. The molecule has 0 aromatic rings. The molecule has 1 fully saturated rings. The van der Waals surface area contributed by atoms with Gasteiger partial charge in [-0.05, 0) is 25.9 Å². The summed E-state index contributed by atoms with van der Waals surface area (Å²) in [5.74, 6) is 0. The normalized spacial score (nSPS) is 20.7. The fourth-order valence-corrected chi connectivity index (χ4v) is 3.04. The van der Waals surface area contributed by atoms with E-state index in [1.165, 1.54) is 19.3 Å². The Morgan fingerprint density at radius 2 is 1.79 bits per heavy atom. The highest BCUT2D eigenvalue weighted by Gasteiger charge is 2.30. The minimum absolute atomic E-state index is 0.0627. The van der Waals surface area contributed by atoms with Crippen LogP contribution in [-0.2, 0) is 0 Å². The predicted molar refractivity (Wildman–Crippen MR) is 79.3 cm³/mol. The van der Waals surface area contributed by atoms with Crippen LogP contribution in [-0.4, -0.2) is 60.5 Å². The predicted octanol–water partition coefficient (Wildman–Crippen LogP) is 1.22. The SMILES string of the molecule is CCN(CC)CC(O)CNCC1(CO)CCCCC1. The summed E-state index contributed by atoms with van der Waals surface area (Å²) in [6, 6.07) is 0. The largest absolute Gasteiger partial charge is 0.396 e. The van der Waals surface area contributed by atoms with Gasteiger partial charge in [-0.25, -0.2) is 0 Å². The Kier molecular flexibility index (Phi) is 7.91. The third kappa shape index (κ3) is 5.78. The molecule has 0 aromatic carbocycles. The second-order valence-corrected chi connectivity index (χ2v) is 5.99. The summed E-state index contributed by atoms with van der Waals surface area (Å²) in [5, 5.41) is 23.0. The summed E-state index contributed by atoms with van der Waals surface area (Å²) in [4.78, 5) is 2.23. The van der Waals surface area contributed by atoms with Crippen molar-refractivity contribution in [2.45, 2.75) is 52.1 Å². The van der Waals surface area contributed by atoms with Crippen LogP contribution in [0.15, 0.2) is 0 Å². The lowest BCUT2D eigenvalue weighted by molar-refractivity contribution is 0.0708. The molecule has 19 heavy (non-hydrogen) atoms. The Morgan fingerprint density at radius 3 is 2.32 bits per heavy atom. The van der Waals surface area contributed by atoms with Gasteiger partial charge in [0, 0.05) is 31.7 Å². The van der Waals surface area contributed by atoms with E-state index in [-0.39, 0.29) is 18.1 Å². The number of aliphatic hydroxyl groups excluding tert-OH is 2. The zero-order valence-corrected chi connectivity index (χ0v) is 12.7. The van der Waals surface area contributed by atoms with E-state index < -0.39 is 0 Å². The van der Waals surface area contributed by atoms with Gasteiger partial charge in [-0.15, -0.1) is 0 Å². The van der Waals surface area contributed by atoms with Gasteiger partial charge in [0.1, 0.15) is 0 Å². The molecular formula is C15H32N2O2. The van der Waals surface area contributed by atoms with Gasteiger partial charge in [-0.1, -0.05) is 33.1 Å². The Balaban J connectivity index is 2.24. The van der Waals surface area contributed by atoms with Crippen LogP contribution in [0.4, 0.5) is 0 Å². The first-order valence-corrected chi connectivity index (χ1v) is 7.88. The lowest BCUT2D eigenvalue weighted by atomic mass is 9.74. The third-order valence-corrected chi connectivity index (χ3v) is 4.49. The lowest BCUT2D eigenvalue weighted by Gasteiger charge is -2.36. The highest BCUT2D eigenvalue weighted by Crippen LogP contribution is 2.35. The summed E-state index contributed by atoms with van der Waals surface area (Å²) in [5.41, 5.74) is 0.0627. The first-order chi connectivity index (χ1) is 9.15. The van der Waals surface area contributed by atoms with Crippen LogP contribution in [0.5, 0.6) is 0 Å². The number of hydrogen-bond donors (Lipinski definition) is 3. The summed E-state index contributed by atoms with van der Waals surface area (Å²) >= 11 is 0. The molecule has 0 radical (unpaired) electrons. The molecule has 3 N–H and O–H groups in total. The van der Waals surface area contributed by atoms with E-state index in [0.717, 1.165) is 39.0 Å². The van der Waals surface area contributed by atoms with Crippen molar-refractivity contribution in [3.8, 4) is 0 Å². The van der Waals surface area contributed by atoms with Gasteiger partial charge in [0.15, 0.2) is 0 Å². The molecule has 114 valence electrons. The van der Waals surface area contributed by atoms with Crippen LogP contribution in [0.2, 0.25) is 0 Å². The van der Waals surface area contributed by atoms with Crippen LogP contribution >= 0.6 is 0 Å². The molecule has 0 saturated heterocycles. The van der Waals surface area contributed by atoms with Crippen molar-refractivity contribution in [2.75, 3.05) is 39.3 Å². The fraction of sp³-hybridized carbons (Fsp3) is 1.00. The Hall–Kier alpha value is -0.160. The van der Waals surface area contributed by atoms with E-state index in [9.17, 15) is 10.2 Å². The summed E-state index contributed by atoms with van der Waals surface area (Å²) in [6.07, 6.45) is 5.66. The summed E-state index contributed by atoms with van der Waals surface area (Å²) in [7, 11) is 0. The van der Waals surface area contributed by atoms with E-state index in [1.807, 2.05) is 0 Å². The Bertz CT molecular complexity index is 226. The molecule has 0 spiro atoms. The molecule has 1 aliphatic rings. The van der Waals surface area contributed by atoms with Crippen molar-refractivity contribution < 1.29 is 10.2 Å². The molecule has 0 bridgehead atoms. The molecule has 1 saturated carbocycles. The van der Waals surface area contributed by atoms with E-state index in [2.05, 4.69) is 24.1 Å². The van der Waals surface area contributed by atoms with Gasteiger partial charge in [0.2, 0.25) is 0 Å². The van der Waals surface area contributed by atoms with E-state index >= 15 is 0 Å². The molecule has 1 rings (SSSR count). The van der Waals surface area contributed by atoms with Crippen molar-refractivity contribution in [3.63, 3.8) is 0 Å². The monoisotopic (exact) mass is 272 g/mol. The van der Waals surface area contributed by atoms with Crippen molar-refractivity contribution in [2.24, 2.45) is 5.41 Å². The first-order valence-electron chi connectivity index (χ1n) is 7.88. The maximum absolute atomic E-state index is 10.0. The molecule has 4 heteroatoms. The van der Waals surface area contributed by atoms with Crippen molar-refractivity contribution in [1.29, 1.82) is 0 Å². The average molecular weight is 272 g/mol. The van der Waals surface area contributed by atoms with Gasteiger partial charge >= 0.3 is 0 Å². The summed E-state index contributed by atoms with van der Waals surface area (Å²) < 4.78 is 0. The lowest BCUT2D eigenvalue weighted by Crippen LogP contribution is -2.44. The van der Waals surface area contributed by atoms with Gasteiger partial charge in [-0.3, -0.25) is 0 Å². The van der Waals surface area contributed by atoms with Gasteiger partial charge < -0.3 is 20.4 Å². The number of hydrogen-bond acceptors (Lipinski definition) is 4. The standard InChI is InChI=1S/C15H32N2O2/c1-3-17(4-2)11-14(19)10-16-12-15(13-18)8-6-5-7-9-15/h14,16,18-19H,3-13H2,1-2H3. The number of likely N-dealkylation sites (N-methyl/N-ethyl adjacent to an activating group) is 1. The van der Waals surface area contributed by atoms with Crippen molar-refractivity contribution in [1.82, 2.24) is 10.2 Å². The van der Waals surface area contributed by atoms with Crippen molar-refractivity contribution in [3.05, 3.63) is 0 Å². The van der Waals surface area contributed by atoms with Crippen LogP contribution < -0.4 is 5.32 Å². The first kappa shape index (κ1) is 16.9. The molecule has 1 atom stereocenters. The van der Waals surface area contributed by atoms with Crippen LogP contribution in [0, 0.1) is 5.41 Å². The van der Waals surface area contributed by atoms with E-state index in [1.54, 1.807) is 0 Å². The maximum Gasteiger partial charge on any atom is 0.0791 e. The number of nitrogens with one attached hydrogen (secondary N) is 1. The Labute approximate surface area is 118 Å². The van der Waals surface area contributed by atoms with Crippen LogP contribution in [0.1, 0.15) is 46.0 Å². The van der Waals surface area contributed by atoms with Gasteiger partial charge in [0.05, 0.1) is 6.10 Å². The average Bonchev–Trinajstić information content (AvgIpc) is 2.45. The highest BCUT2D eigenvalue weighted by atomic mass is 16.3. The number of rotatable bonds is 9. The highest BCUT2D eigenvalue weighted by molar-refractivity contribution is 4.84. The zero-order valence-electron chi connectivity index (χ0n) is 12.7. The minimum atomic E-state index is -0.320. The maximum atomic E-state index is 10.0. The Morgan fingerprint density at radius 1 is 1.16 bits per heavy atom. The summed E-state index contributed by atoms with van der Waals surface area (Å²) in [6.45, 7) is 8.65. The van der Waals surface area contributed by atoms with Crippen molar-refractivity contribution >= 4 is 0 Å². The molecule has 0 heterocycles. The minimum Gasteiger partial charge on any atom is -0.396 e. The molecular weight excluding hydrogens is 240 g/mol. The van der Waals surface area contributed by atoms with Crippen LogP contribution in [0.25, 0.3) is 0 Å². The topological polar surface area (TPSA) is 55.7 Å². The molecule has 1 unspecified atom stereocenters. The fourth-order valence-electron chi connectivity index (χ4n) is 3.04. The second kappa shape index (κ2) is 8.90. The molecule has 0 aromatic heterocycles. The number of nitrogens with zero attached hydrogens (tertiary/aromatic N) is 1. The quantitative estimate of drug-likeness (QED) is 0.591. The van der Waals surface area contributed by atoms with E-state index in [4.69, 9.17) is 0 Å². The van der Waals surface area contributed by atoms with Gasteiger partial charge in [-0.2, -0.15) is 0 Å². The van der Waals surface area contributed by atoms with E-state index in [0.29, 0.717) is 6.54 Å².